The maximum atomic E-state index is 13.2. The summed E-state index contributed by atoms with van der Waals surface area (Å²) in [6, 6.07) is 0. The molecule has 3 rings (SSSR count). The molecule has 0 aromatic heterocycles. The van der Waals surface area contributed by atoms with E-state index in [1.54, 1.807) is 5.57 Å². The molecule has 0 bridgehead atoms. The maximum absolute atomic E-state index is 13.2. The van der Waals surface area contributed by atoms with E-state index in [-0.39, 0.29) is 45.0 Å². The van der Waals surface area contributed by atoms with Crippen molar-refractivity contribution in [2.24, 2.45) is 16.7 Å². The molecule has 2 aliphatic carbocycles. The van der Waals surface area contributed by atoms with Gasteiger partial charge in [0.25, 0.3) is 0 Å². The van der Waals surface area contributed by atoms with Crippen molar-refractivity contribution in [3.63, 3.8) is 0 Å². The van der Waals surface area contributed by atoms with Crippen LogP contribution < -0.4 is 0 Å². The van der Waals surface area contributed by atoms with Crippen LogP contribution in [-0.4, -0.2) is 55.9 Å². The van der Waals surface area contributed by atoms with Gasteiger partial charge in [0.1, 0.15) is 6.61 Å². The molecule has 0 saturated heterocycles. The highest BCUT2D eigenvalue weighted by atomic mass is 31.1. The Labute approximate surface area is 525 Å². The summed E-state index contributed by atoms with van der Waals surface area (Å²) in [5, 5.41) is 0. The molecule has 0 saturated carbocycles. The first kappa shape index (κ1) is 75.7. The van der Waals surface area contributed by atoms with E-state index in [1.165, 1.54) is 200 Å². The summed E-state index contributed by atoms with van der Waals surface area (Å²) in [5.74, 6) is -0.0539. The van der Waals surface area contributed by atoms with Crippen molar-refractivity contribution in [1.29, 1.82) is 0 Å². The van der Waals surface area contributed by atoms with Crippen molar-refractivity contribution in [2.75, 3.05) is 32.9 Å². The van der Waals surface area contributed by atoms with Gasteiger partial charge in [-0.25, -0.2) is 0 Å². The summed E-state index contributed by atoms with van der Waals surface area (Å²) >= 11 is 0. The average molecular weight is 1190 g/mol. The van der Waals surface area contributed by atoms with Gasteiger partial charge in [-0.2, -0.15) is 0 Å². The molecule has 3 atom stereocenters. The lowest BCUT2D eigenvalue weighted by Crippen LogP contribution is -2.29. The summed E-state index contributed by atoms with van der Waals surface area (Å²) < 4.78 is 23.8. The molecule has 0 radical (unpaired) electrons. The summed E-state index contributed by atoms with van der Waals surface area (Å²) in [7, 11) is -0.245. The standard InChI is InChI=1S/C77H128NO6P/c1-12-14-16-18-20-22-24-26-28-30-32-34-36-48-74(79)81-62-71(84-75(80)49-37-35-33-31-29-27-25-23-21-19-17-15-13-2)63-83-85-82-59-58-78-57-54-69(47-39-43-65(4)51-53-73-68(7)46-41-56-77(73,10)11)61-70(78)60-66(5)44-38-42-64(3)50-52-72-67(6)45-40-55-76(72,8)9/h38-39,43-44,47,50-54,60-61,64,71,85H,12-37,40-42,45-46,48-49,55-59,62-63H2,1-11H3/b44-38+,47-39+,52-50+,53-51+,65-43+,66-60+. The van der Waals surface area contributed by atoms with Crippen LogP contribution in [-0.2, 0) is 28.1 Å². The van der Waals surface area contributed by atoms with E-state index in [0.717, 1.165) is 57.2 Å². The second-order valence-corrected chi connectivity index (χ2v) is 27.8. The fraction of sp³-hybridized carbons (Fsp3) is 0.714. The predicted molar refractivity (Wildman–Crippen MR) is 368 cm³/mol. The van der Waals surface area contributed by atoms with Crippen LogP contribution in [0.4, 0.5) is 0 Å². The largest absolute Gasteiger partial charge is 0.462 e. The Morgan fingerprint density at radius 3 is 1.66 bits per heavy atom. The van der Waals surface area contributed by atoms with Crippen molar-refractivity contribution in [3.05, 3.63) is 118 Å². The van der Waals surface area contributed by atoms with E-state index < -0.39 is 6.10 Å². The summed E-state index contributed by atoms with van der Waals surface area (Å²) in [6.07, 6.45) is 68.6. The Hall–Kier alpha value is -3.51. The molecule has 85 heavy (non-hydrogen) atoms. The Morgan fingerprint density at radius 2 is 1.13 bits per heavy atom. The van der Waals surface area contributed by atoms with Gasteiger partial charge in [0.2, 0.25) is 0 Å². The quantitative estimate of drug-likeness (QED) is 0.0260. The lowest BCUT2D eigenvalue weighted by Gasteiger charge is -2.33. The van der Waals surface area contributed by atoms with Crippen LogP contribution in [0.15, 0.2) is 118 Å². The van der Waals surface area contributed by atoms with Crippen LogP contribution in [0.2, 0.25) is 0 Å². The van der Waals surface area contributed by atoms with E-state index in [2.05, 4.69) is 154 Å². The highest BCUT2D eigenvalue weighted by Gasteiger charge is 2.28. The number of unbranched alkanes of at least 4 members (excludes halogenated alkanes) is 24. The Balaban J connectivity index is 1.57. The number of carbonyl (C=O) groups is 2. The van der Waals surface area contributed by atoms with E-state index >= 15 is 0 Å². The fourth-order valence-corrected chi connectivity index (χ4v) is 12.9. The topological polar surface area (TPSA) is 74.3 Å². The molecule has 0 amide bonds. The lowest BCUT2D eigenvalue weighted by atomic mass is 9.72. The van der Waals surface area contributed by atoms with Gasteiger partial charge in [-0.3, -0.25) is 9.59 Å². The van der Waals surface area contributed by atoms with Crippen LogP contribution in [0.1, 0.15) is 301 Å². The Kier molecular flexibility index (Phi) is 41.5. The highest BCUT2D eigenvalue weighted by molar-refractivity contribution is 7.26. The van der Waals surface area contributed by atoms with Crippen molar-refractivity contribution in [2.45, 2.75) is 307 Å². The third-order valence-electron chi connectivity index (χ3n) is 17.9. The highest BCUT2D eigenvalue weighted by Crippen LogP contribution is 2.42. The number of hydrogen-bond acceptors (Lipinski definition) is 7. The van der Waals surface area contributed by atoms with Gasteiger partial charge in [0.15, 0.2) is 15.1 Å². The predicted octanol–water partition coefficient (Wildman–Crippen LogP) is 23.3. The number of rotatable bonds is 48. The monoisotopic (exact) mass is 1190 g/mol. The van der Waals surface area contributed by atoms with Crippen molar-refractivity contribution in [3.8, 4) is 0 Å². The molecule has 0 spiro atoms. The van der Waals surface area contributed by atoms with Gasteiger partial charge in [0.05, 0.1) is 13.2 Å². The zero-order valence-corrected chi connectivity index (χ0v) is 57.8. The number of esters is 2. The van der Waals surface area contributed by atoms with Crippen molar-refractivity contribution < 1.29 is 28.1 Å². The van der Waals surface area contributed by atoms with Gasteiger partial charge < -0.3 is 23.4 Å². The SMILES string of the molecule is CCCCCCCCCCCCCCCC(=O)OCC(COPOCCN1CC=C(/C=C/C=C(C)/C=C/C2=C(C)CCCC2(C)C)C=C1/C=C(C)/C=C/CC(C)/C=C/C1=C(C)CCCC1(C)C)OC(=O)CCCCCCCCCCCCCCC. The lowest BCUT2D eigenvalue weighted by molar-refractivity contribution is -0.161. The first-order chi connectivity index (χ1) is 41.0. The number of nitrogens with zero attached hydrogens (tertiary/aromatic N) is 1. The molecule has 1 heterocycles. The second-order valence-electron chi connectivity index (χ2n) is 27.1. The zero-order valence-electron chi connectivity index (χ0n) is 56.8. The third-order valence-corrected chi connectivity index (χ3v) is 18.5. The molecule has 3 unspecified atom stereocenters. The zero-order chi connectivity index (χ0) is 61.8. The summed E-state index contributed by atoms with van der Waals surface area (Å²) in [4.78, 5) is 28.4. The number of ether oxygens (including phenoxy) is 2. The van der Waals surface area contributed by atoms with Crippen LogP contribution in [0.5, 0.6) is 0 Å². The van der Waals surface area contributed by atoms with Gasteiger partial charge in [-0.15, -0.1) is 0 Å². The normalized spacial score (nSPS) is 17.8. The Bertz CT molecular complexity index is 2180. The minimum absolute atomic E-state index is 0.00835. The first-order valence-corrected chi connectivity index (χ1v) is 35.8. The number of hydrogen-bond donors (Lipinski definition) is 0. The smallest absolute Gasteiger partial charge is 0.306 e. The van der Waals surface area contributed by atoms with Crippen LogP contribution in [0.25, 0.3) is 0 Å². The van der Waals surface area contributed by atoms with E-state index in [0.29, 0.717) is 31.9 Å². The molecule has 482 valence electrons. The molecule has 3 aliphatic rings. The molecular formula is C77H128NO6P. The van der Waals surface area contributed by atoms with Crippen LogP contribution in [0, 0.1) is 16.7 Å². The number of carbonyl (C=O) groups excluding carboxylic acids is 2. The van der Waals surface area contributed by atoms with Crippen molar-refractivity contribution in [1.82, 2.24) is 4.90 Å². The second kappa shape index (κ2) is 46.6. The molecule has 0 fully saturated rings. The van der Waals surface area contributed by atoms with Crippen LogP contribution >= 0.6 is 9.03 Å². The van der Waals surface area contributed by atoms with Gasteiger partial charge in [0, 0.05) is 31.6 Å². The van der Waals surface area contributed by atoms with Gasteiger partial charge >= 0.3 is 11.9 Å². The van der Waals surface area contributed by atoms with Crippen molar-refractivity contribution >= 4 is 21.0 Å². The average Bonchev–Trinajstić information content (AvgIpc) is 3.63. The van der Waals surface area contributed by atoms with Gasteiger partial charge in [-0.05, 0) is 137 Å². The minimum atomic E-state index is -0.680. The van der Waals surface area contributed by atoms with E-state index in [9.17, 15) is 9.59 Å². The molecular weight excluding hydrogens is 1070 g/mol. The molecule has 0 N–H and O–H groups in total. The molecule has 0 aromatic carbocycles. The molecule has 1 aliphatic heterocycles. The fourth-order valence-electron chi connectivity index (χ4n) is 12.4. The summed E-state index contributed by atoms with van der Waals surface area (Å²) in [6.45, 7) is 27.4. The van der Waals surface area contributed by atoms with E-state index in [4.69, 9.17) is 18.5 Å². The van der Waals surface area contributed by atoms with Crippen LogP contribution in [0.3, 0.4) is 0 Å². The first-order valence-electron chi connectivity index (χ1n) is 35.0. The number of allylic oxidation sites excluding steroid dienone is 18. The van der Waals surface area contributed by atoms with Gasteiger partial charge in [-0.1, -0.05) is 280 Å². The molecule has 8 heteroatoms. The third kappa shape index (κ3) is 35.9. The maximum Gasteiger partial charge on any atom is 0.306 e. The van der Waals surface area contributed by atoms with E-state index in [1.807, 2.05) is 0 Å². The summed E-state index contributed by atoms with van der Waals surface area (Å²) in [5.41, 5.74) is 11.3. The molecule has 7 nitrogen and oxygen atoms in total. The Morgan fingerprint density at radius 1 is 0.624 bits per heavy atom. The molecule has 0 aromatic rings. The minimum Gasteiger partial charge on any atom is -0.462 e.